The van der Waals surface area contributed by atoms with E-state index in [-0.39, 0.29) is 16.5 Å². The lowest BCUT2D eigenvalue weighted by molar-refractivity contribution is -0.172. The molecule has 144 valence electrons. The number of alkyl halides is 1. The van der Waals surface area contributed by atoms with E-state index in [1.165, 1.54) is 13.0 Å². The first-order chi connectivity index (χ1) is 12.1. The summed E-state index contributed by atoms with van der Waals surface area (Å²) in [4.78, 5) is 24.7. The van der Waals surface area contributed by atoms with E-state index in [9.17, 15) is 24.2 Å². The molecule has 0 aromatic heterocycles. The summed E-state index contributed by atoms with van der Waals surface area (Å²) >= 11 is 12.5. The Labute approximate surface area is 161 Å². The van der Waals surface area contributed by atoms with Crippen molar-refractivity contribution < 1.29 is 24.2 Å². The number of aliphatic carboxylic acids is 2. The first-order valence-corrected chi connectivity index (χ1v) is 9.07. The Kier molecular flexibility index (Phi) is 5.90. The smallest absolute Gasteiger partial charge is 0.311 e. The van der Waals surface area contributed by atoms with Crippen LogP contribution in [0.4, 0.5) is 4.39 Å². The molecule has 5 atom stereocenters. The number of carboxylic acid groups (broad SMARTS) is 2. The number of rotatable bonds is 5. The van der Waals surface area contributed by atoms with Crippen molar-refractivity contribution in [3.05, 3.63) is 33.8 Å². The lowest BCUT2D eigenvalue weighted by Gasteiger charge is -2.56. The third kappa shape index (κ3) is 2.79. The van der Waals surface area contributed by atoms with Crippen LogP contribution >= 0.6 is 23.2 Å². The molecule has 1 aromatic rings. The van der Waals surface area contributed by atoms with E-state index in [1.54, 1.807) is 26.0 Å². The Balaban J connectivity index is 2.91. The van der Waals surface area contributed by atoms with Gasteiger partial charge >= 0.3 is 11.9 Å². The summed E-state index contributed by atoms with van der Waals surface area (Å²) in [6, 6.07) is 2.94. The molecule has 3 N–H and O–H groups in total. The Morgan fingerprint density at radius 2 is 1.88 bits per heavy atom. The normalized spacial score (nSPS) is 34.5. The second kappa shape index (κ2) is 7.33. The summed E-state index contributed by atoms with van der Waals surface area (Å²) in [5.74, 6) is -3.54. The van der Waals surface area contributed by atoms with Gasteiger partial charge in [0.2, 0.25) is 0 Å². The van der Waals surface area contributed by atoms with Gasteiger partial charge in [0, 0.05) is 12.0 Å². The van der Waals surface area contributed by atoms with Crippen LogP contribution in [0.15, 0.2) is 18.2 Å². The van der Waals surface area contributed by atoms with Gasteiger partial charge in [-0.25, -0.2) is 4.39 Å². The molecule has 0 saturated carbocycles. The second-order valence-corrected chi connectivity index (χ2v) is 7.74. The molecular formula is C18H22Cl2FNO4. The Morgan fingerprint density at radius 3 is 2.35 bits per heavy atom. The quantitative estimate of drug-likeness (QED) is 0.689. The SMILES string of the molecule is CCC1(C(=O)O)C(CF)NC(C)C(C)(C(=O)O)C1c1cccc(Cl)c1Cl. The minimum absolute atomic E-state index is 0.0209. The Hall–Kier alpha value is -1.37. The second-order valence-electron chi connectivity index (χ2n) is 6.96. The van der Waals surface area contributed by atoms with Crippen molar-refractivity contribution in [1.29, 1.82) is 0 Å². The van der Waals surface area contributed by atoms with Crippen LogP contribution in [0.3, 0.4) is 0 Å². The van der Waals surface area contributed by atoms with Crippen molar-refractivity contribution in [2.75, 3.05) is 6.67 Å². The molecule has 1 saturated heterocycles. The van der Waals surface area contributed by atoms with Crippen LogP contribution in [0.5, 0.6) is 0 Å². The lowest BCUT2D eigenvalue weighted by atomic mass is 9.51. The molecule has 0 amide bonds. The molecule has 0 radical (unpaired) electrons. The molecule has 1 aliphatic rings. The largest absolute Gasteiger partial charge is 0.481 e. The van der Waals surface area contributed by atoms with Gasteiger partial charge in [-0.1, -0.05) is 42.3 Å². The predicted octanol–water partition coefficient (Wildman–Crippen LogP) is 3.98. The maximum absolute atomic E-state index is 13.9. The molecule has 1 aliphatic heterocycles. The number of hydrogen-bond donors (Lipinski definition) is 3. The highest BCUT2D eigenvalue weighted by atomic mass is 35.5. The van der Waals surface area contributed by atoms with Gasteiger partial charge in [0.25, 0.3) is 0 Å². The summed E-state index contributed by atoms with van der Waals surface area (Å²) in [6.45, 7) is 3.75. The van der Waals surface area contributed by atoms with Crippen LogP contribution in [0.1, 0.15) is 38.7 Å². The fourth-order valence-corrected chi connectivity index (χ4v) is 4.74. The monoisotopic (exact) mass is 405 g/mol. The number of carboxylic acids is 2. The molecule has 1 heterocycles. The standard InChI is InChI=1S/C18H22Cl2FNO4/c1-4-18(16(25)26)12(8-21)22-9(2)17(3,15(23)24)14(18)10-6-5-7-11(19)13(10)20/h5-7,9,12,14,22H,4,8H2,1-3H3,(H,23,24)(H,25,26). The van der Waals surface area contributed by atoms with Crippen LogP contribution < -0.4 is 5.32 Å². The average Bonchev–Trinajstić information content (AvgIpc) is 2.59. The zero-order valence-corrected chi connectivity index (χ0v) is 16.2. The number of benzene rings is 1. The molecule has 1 aromatic carbocycles. The highest BCUT2D eigenvalue weighted by Crippen LogP contribution is 2.58. The summed E-state index contributed by atoms with van der Waals surface area (Å²) in [5.41, 5.74) is -2.95. The number of carbonyl (C=O) groups is 2. The van der Waals surface area contributed by atoms with Gasteiger partial charge in [0.05, 0.1) is 26.9 Å². The van der Waals surface area contributed by atoms with Crippen LogP contribution in [0.2, 0.25) is 10.0 Å². The third-order valence-corrected chi connectivity index (χ3v) is 6.81. The van der Waals surface area contributed by atoms with Crippen molar-refractivity contribution in [2.24, 2.45) is 10.8 Å². The van der Waals surface area contributed by atoms with Crippen molar-refractivity contribution in [2.45, 2.75) is 45.2 Å². The molecule has 5 unspecified atom stereocenters. The Bertz CT molecular complexity index is 731. The number of nitrogens with one attached hydrogen (secondary N) is 1. The number of halogens is 3. The van der Waals surface area contributed by atoms with E-state index in [0.29, 0.717) is 5.56 Å². The minimum Gasteiger partial charge on any atom is -0.481 e. The zero-order chi connectivity index (χ0) is 19.9. The molecule has 26 heavy (non-hydrogen) atoms. The predicted molar refractivity (Wildman–Crippen MR) is 97.7 cm³/mol. The Morgan fingerprint density at radius 1 is 1.27 bits per heavy atom. The first kappa shape index (κ1) is 20.9. The lowest BCUT2D eigenvalue weighted by Crippen LogP contribution is -2.70. The molecule has 1 fully saturated rings. The van der Waals surface area contributed by atoms with E-state index < -0.39 is 47.4 Å². The summed E-state index contributed by atoms with van der Waals surface area (Å²) in [5, 5.41) is 23.3. The van der Waals surface area contributed by atoms with Crippen LogP contribution in [-0.2, 0) is 9.59 Å². The van der Waals surface area contributed by atoms with E-state index in [1.807, 2.05) is 0 Å². The van der Waals surface area contributed by atoms with Gasteiger partial charge in [-0.15, -0.1) is 0 Å². The molecule has 0 spiro atoms. The van der Waals surface area contributed by atoms with Crippen molar-refractivity contribution in [3.63, 3.8) is 0 Å². The van der Waals surface area contributed by atoms with Gasteiger partial charge in [-0.3, -0.25) is 9.59 Å². The highest BCUT2D eigenvalue weighted by Gasteiger charge is 2.65. The maximum atomic E-state index is 13.9. The maximum Gasteiger partial charge on any atom is 0.311 e. The molecule has 0 aliphatic carbocycles. The first-order valence-electron chi connectivity index (χ1n) is 8.31. The molecule has 8 heteroatoms. The van der Waals surface area contributed by atoms with Gasteiger partial charge < -0.3 is 15.5 Å². The summed E-state index contributed by atoms with van der Waals surface area (Å²) < 4.78 is 13.9. The van der Waals surface area contributed by atoms with Crippen LogP contribution in [-0.4, -0.2) is 40.9 Å². The van der Waals surface area contributed by atoms with Gasteiger partial charge in [-0.2, -0.15) is 0 Å². The van der Waals surface area contributed by atoms with E-state index in [4.69, 9.17) is 23.2 Å². The third-order valence-electron chi connectivity index (χ3n) is 5.98. The number of piperidine rings is 1. The van der Waals surface area contributed by atoms with Gasteiger partial charge in [0.1, 0.15) is 6.67 Å². The van der Waals surface area contributed by atoms with Crippen LogP contribution in [0.25, 0.3) is 0 Å². The molecule has 5 nitrogen and oxygen atoms in total. The topological polar surface area (TPSA) is 86.6 Å². The molecule has 2 rings (SSSR count). The molecule has 0 bridgehead atoms. The highest BCUT2D eigenvalue weighted by molar-refractivity contribution is 6.42. The van der Waals surface area contributed by atoms with Crippen molar-refractivity contribution in [1.82, 2.24) is 5.32 Å². The van der Waals surface area contributed by atoms with E-state index in [0.717, 1.165) is 0 Å². The number of hydrogen-bond acceptors (Lipinski definition) is 3. The minimum atomic E-state index is -1.71. The fourth-order valence-electron chi connectivity index (χ4n) is 4.32. The fraction of sp³-hybridized carbons (Fsp3) is 0.556. The molecular weight excluding hydrogens is 384 g/mol. The van der Waals surface area contributed by atoms with Crippen molar-refractivity contribution in [3.8, 4) is 0 Å². The van der Waals surface area contributed by atoms with E-state index >= 15 is 0 Å². The van der Waals surface area contributed by atoms with Crippen molar-refractivity contribution >= 4 is 35.1 Å². The summed E-state index contributed by atoms with van der Waals surface area (Å²) in [6.07, 6.45) is 0.0209. The zero-order valence-electron chi connectivity index (χ0n) is 14.7. The van der Waals surface area contributed by atoms with Crippen LogP contribution in [0, 0.1) is 10.8 Å². The average molecular weight is 406 g/mol. The van der Waals surface area contributed by atoms with E-state index in [2.05, 4.69) is 5.32 Å². The van der Waals surface area contributed by atoms with Gasteiger partial charge in [0.15, 0.2) is 0 Å². The summed E-state index contributed by atoms with van der Waals surface area (Å²) in [7, 11) is 0. The van der Waals surface area contributed by atoms with Gasteiger partial charge in [-0.05, 0) is 31.9 Å².